The Morgan fingerprint density at radius 3 is 2.29 bits per heavy atom. The second-order valence-electron chi connectivity index (χ2n) is 8.13. The lowest BCUT2D eigenvalue weighted by molar-refractivity contribution is 0.313. The summed E-state index contributed by atoms with van der Waals surface area (Å²) in [4.78, 5) is 14.0. The average molecular weight is 381 g/mol. The number of likely N-dealkylation sites (N-methyl/N-ethyl adjacent to an activating group) is 1. The predicted molar refractivity (Wildman–Crippen MR) is 117 cm³/mol. The van der Waals surface area contributed by atoms with Crippen molar-refractivity contribution >= 4 is 23.0 Å². The fourth-order valence-electron chi connectivity index (χ4n) is 4.13. The van der Waals surface area contributed by atoms with E-state index in [-0.39, 0.29) is 0 Å². The standard InChI is InChI=1S/C22H32N6/c1-17-23-21(25-18-6-4-3-5-7-18)16-22(24-17)26-19-8-10-20(11-9-19)28-14-12-27(2)13-15-28/h8-11,16,18H,3-7,12-15H2,1-2H3,(H2,23,24,25,26). The number of nitrogens with one attached hydrogen (secondary N) is 2. The van der Waals surface area contributed by atoms with Crippen LogP contribution >= 0.6 is 0 Å². The lowest BCUT2D eigenvalue weighted by atomic mass is 9.95. The minimum Gasteiger partial charge on any atom is -0.369 e. The van der Waals surface area contributed by atoms with Crippen LogP contribution in [0.2, 0.25) is 0 Å². The summed E-state index contributed by atoms with van der Waals surface area (Å²) in [5, 5.41) is 7.04. The molecule has 4 rings (SSSR count). The van der Waals surface area contributed by atoms with Gasteiger partial charge in [-0.3, -0.25) is 0 Å². The number of benzene rings is 1. The van der Waals surface area contributed by atoms with Crippen LogP contribution in [0.5, 0.6) is 0 Å². The number of aromatic nitrogens is 2. The number of anilines is 4. The Hall–Kier alpha value is -2.34. The van der Waals surface area contributed by atoms with Gasteiger partial charge in [0, 0.05) is 49.7 Å². The predicted octanol–water partition coefficient (Wildman–Crippen LogP) is 4.03. The highest BCUT2D eigenvalue weighted by atomic mass is 15.2. The summed E-state index contributed by atoms with van der Waals surface area (Å²) in [6.07, 6.45) is 6.45. The monoisotopic (exact) mass is 380 g/mol. The molecule has 1 aliphatic carbocycles. The van der Waals surface area contributed by atoms with Crippen molar-refractivity contribution in [1.82, 2.24) is 14.9 Å². The van der Waals surface area contributed by atoms with Crippen molar-refractivity contribution in [1.29, 1.82) is 0 Å². The summed E-state index contributed by atoms with van der Waals surface area (Å²) in [5.41, 5.74) is 2.34. The third-order valence-corrected chi connectivity index (χ3v) is 5.80. The van der Waals surface area contributed by atoms with Gasteiger partial charge in [-0.1, -0.05) is 19.3 Å². The first-order valence-corrected chi connectivity index (χ1v) is 10.6. The molecule has 2 aliphatic rings. The molecule has 28 heavy (non-hydrogen) atoms. The third kappa shape index (κ3) is 4.93. The van der Waals surface area contributed by atoms with Gasteiger partial charge in [-0.2, -0.15) is 0 Å². The normalized spacial score (nSPS) is 18.9. The van der Waals surface area contributed by atoms with Gasteiger partial charge in [0.2, 0.25) is 0 Å². The van der Waals surface area contributed by atoms with Crippen molar-refractivity contribution in [3.63, 3.8) is 0 Å². The molecule has 2 N–H and O–H groups in total. The summed E-state index contributed by atoms with van der Waals surface area (Å²) in [5.74, 6) is 2.56. The van der Waals surface area contributed by atoms with E-state index in [1.807, 2.05) is 13.0 Å². The highest BCUT2D eigenvalue weighted by molar-refractivity contribution is 5.62. The molecule has 0 unspecified atom stereocenters. The van der Waals surface area contributed by atoms with Crippen LogP contribution in [0.4, 0.5) is 23.0 Å². The average Bonchev–Trinajstić information content (AvgIpc) is 2.70. The lowest BCUT2D eigenvalue weighted by Gasteiger charge is -2.34. The third-order valence-electron chi connectivity index (χ3n) is 5.80. The summed E-state index contributed by atoms with van der Waals surface area (Å²) < 4.78 is 0. The first kappa shape index (κ1) is 19.0. The smallest absolute Gasteiger partial charge is 0.136 e. The SMILES string of the molecule is Cc1nc(Nc2ccc(N3CCN(C)CC3)cc2)cc(NC2CCCCC2)n1. The number of piperazine rings is 1. The molecule has 1 aliphatic heterocycles. The molecule has 1 aromatic carbocycles. The van der Waals surface area contributed by atoms with Crippen molar-refractivity contribution in [2.45, 2.75) is 45.1 Å². The summed E-state index contributed by atoms with van der Waals surface area (Å²) in [6, 6.07) is 11.2. The van der Waals surface area contributed by atoms with E-state index >= 15 is 0 Å². The van der Waals surface area contributed by atoms with Gasteiger partial charge in [-0.25, -0.2) is 9.97 Å². The summed E-state index contributed by atoms with van der Waals surface area (Å²) in [7, 11) is 2.19. The van der Waals surface area contributed by atoms with Crippen LogP contribution in [0, 0.1) is 6.92 Å². The van der Waals surface area contributed by atoms with Crippen LogP contribution in [0.15, 0.2) is 30.3 Å². The van der Waals surface area contributed by atoms with E-state index in [0.29, 0.717) is 6.04 Å². The maximum atomic E-state index is 4.58. The molecule has 0 radical (unpaired) electrons. The molecule has 150 valence electrons. The van der Waals surface area contributed by atoms with E-state index in [1.54, 1.807) is 0 Å². The topological polar surface area (TPSA) is 56.3 Å². The number of hydrogen-bond donors (Lipinski definition) is 2. The van der Waals surface area contributed by atoms with Gasteiger partial charge in [0.1, 0.15) is 17.5 Å². The first-order chi connectivity index (χ1) is 13.7. The van der Waals surface area contributed by atoms with Crippen molar-refractivity contribution in [3.8, 4) is 0 Å². The molecule has 2 aromatic rings. The van der Waals surface area contributed by atoms with E-state index in [9.17, 15) is 0 Å². The van der Waals surface area contributed by atoms with Crippen molar-refractivity contribution in [2.24, 2.45) is 0 Å². The molecular formula is C22H32N6. The molecule has 0 bridgehead atoms. The van der Waals surface area contributed by atoms with Crippen LogP contribution in [0.1, 0.15) is 37.9 Å². The number of rotatable bonds is 5. The Balaban J connectivity index is 1.40. The fourth-order valence-corrected chi connectivity index (χ4v) is 4.13. The number of nitrogens with zero attached hydrogens (tertiary/aromatic N) is 4. The van der Waals surface area contributed by atoms with E-state index in [1.165, 1.54) is 37.8 Å². The van der Waals surface area contributed by atoms with E-state index < -0.39 is 0 Å². The summed E-state index contributed by atoms with van der Waals surface area (Å²) in [6.45, 7) is 6.37. The van der Waals surface area contributed by atoms with E-state index in [4.69, 9.17) is 0 Å². The Kier molecular flexibility index (Phi) is 5.95. The van der Waals surface area contributed by atoms with Gasteiger partial charge in [-0.05, 0) is 51.1 Å². The highest BCUT2D eigenvalue weighted by Gasteiger charge is 2.15. The van der Waals surface area contributed by atoms with Gasteiger partial charge in [-0.15, -0.1) is 0 Å². The molecule has 1 saturated carbocycles. The van der Waals surface area contributed by atoms with Crippen molar-refractivity contribution in [3.05, 3.63) is 36.2 Å². The van der Waals surface area contributed by atoms with E-state index in [0.717, 1.165) is 49.3 Å². The van der Waals surface area contributed by atoms with Crippen molar-refractivity contribution in [2.75, 3.05) is 48.8 Å². The largest absolute Gasteiger partial charge is 0.369 e. The van der Waals surface area contributed by atoms with Crippen molar-refractivity contribution < 1.29 is 0 Å². The zero-order valence-corrected chi connectivity index (χ0v) is 17.1. The Labute approximate surface area is 168 Å². The zero-order valence-electron chi connectivity index (χ0n) is 17.1. The molecule has 0 atom stereocenters. The fraction of sp³-hybridized carbons (Fsp3) is 0.545. The summed E-state index contributed by atoms with van der Waals surface area (Å²) >= 11 is 0. The van der Waals surface area contributed by atoms with E-state index in [2.05, 4.69) is 61.7 Å². The molecular weight excluding hydrogens is 348 g/mol. The van der Waals surface area contributed by atoms with Crippen LogP contribution in [0.3, 0.4) is 0 Å². The maximum Gasteiger partial charge on any atom is 0.136 e. The van der Waals surface area contributed by atoms with Crippen LogP contribution in [-0.2, 0) is 0 Å². The Morgan fingerprint density at radius 2 is 1.57 bits per heavy atom. The minimum absolute atomic E-state index is 0.541. The molecule has 6 heteroatoms. The highest BCUT2D eigenvalue weighted by Crippen LogP contribution is 2.24. The second-order valence-corrected chi connectivity index (χ2v) is 8.13. The van der Waals surface area contributed by atoms with Gasteiger partial charge < -0.3 is 20.4 Å². The Bertz CT molecular complexity index is 761. The number of hydrogen-bond acceptors (Lipinski definition) is 6. The molecule has 0 amide bonds. The Morgan fingerprint density at radius 1 is 0.893 bits per heavy atom. The lowest BCUT2D eigenvalue weighted by Crippen LogP contribution is -2.44. The van der Waals surface area contributed by atoms with Gasteiger partial charge >= 0.3 is 0 Å². The maximum absolute atomic E-state index is 4.58. The zero-order chi connectivity index (χ0) is 19.3. The number of aryl methyl sites for hydroxylation is 1. The van der Waals surface area contributed by atoms with Gasteiger partial charge in [0.25, 0.3) is 0 Å². The van der Waals surface area contributed by atoms with Crippen LogP contribution in [-0.4, -0.2) is 54.1 Å². The molecule has 2 fully saturated rings. The quantitative estimate of drug-likeness (QED) is 0.817. The second kappa shape index (κ2) is 8.78. The minimum atomic E-state index is 0.541. The van der Waals surface area contributed by atoms with Gasteiger partial charge in [0.05, 0.1) is 0 Å². The molecule has 1 saturated heterocycles. The molecule has 1 aromatic heterocycles. The molecule has 2 heterocycles. The molecule has 6 nitrogen and oxygen atoms in total. The molecule has 0 spiro atoms. The van der Waals surface area contributed by atoms with Crippen LogP contribution in [0.25, 0.3) is 0 Å². The first-order valence-electron chi connectivity index (χ1n) is 10.6. The van der Waals surface area contributed by atoms with Crippen LogP contribution < -0.4 is 15.5 Å². The van der Waals surface area contributed by atoms with Gasteiger partial charge in [0.15, 0.2) is 0 Å².